The number of aliphatic imine (C=N–C) groups is 1. The van der Waals surface area contributed by atoms with Crippen LogP contribution in [0.15, 0.2) is 153 Å². The van der Waals surface area contributed by atoms with Gasteiger partial charge < -0.3 is 0 Å². The van der Waals surface area contributed by atoms with E-state index in [1.165, 1.54) is 143 Å². The van der Waals surface area contributed by atoms with Gasteiger partial charge in [0.15, 0.2) is 0 Å². The molecule has 0 saturated heterocycles. The third-order valence-electron chi connectivity index (χ3n) is 14.0. The van der Waals surface area contributed by atoms with Crippen LogP contribution in [-0.2, 0) is 5.41 Å². The third-order valence-corrected chi connectivity index (χ3v) is 19.9. The van der Waals surface area contributed by atoms with Gasteiger partial charge in [-0.15, -0.1) is 68.0 Å². The molecule has 15 aromatic rings. The van der Waals surface area contributed by atoms with Crippen molar-refractivity contribution < 1.29 is 0 Å². The second-order valence-electron chi connectivity index (χ2n) is 18.8. The third kappa shape index (κ3) is 7.06. The maximum Gasteiger partial charge on any atom is 0.0908 e. The van der Waals surface area contributed by atoms with E-state index in [0.717, 1.165) is 5.52 Å². The molecule has 0 aliphatic carbocycles. The average molecular weight is 1030 g/mol. The summed E-state index contributed by atoms with van der Waals surface area (Å²) in [5.41, 5.74) is 17.2. The number of aryl methyl sites for hydroxylation is 4. The van der Waals surface area contributed by atoms with Crippen LogP contribution in [0.5, 0.6) is 0 Å². The predicted molar refractivity (Wildman–Crippen MR) is 319 cm³/mol. The highest BCUT2D eigenvalue weighted by molar-refractivity contribution is 7.27. The lowest BCUT2D eigenvalue weighted by Gasteiger charge is -2.20. The summed E-state index contributed by atoms with van der Waals surface area (Å²) in [6.07, 6.45) is 2.09. The molecule has 0 fully saturated rings. The van der Waals surface area contributed by atoms with E-state index in [1.807, 2.05) is 50.5 Å². The molecule has 0 atom stereocenters. The zero-order valence-electron chi connectivity index (χ0n) is 39.7. The molecule has 71 heavy (non-hydrogen) atoms. The number of hydrogen-bond donors (Lipinski definition) is 0. The topological polar surface area (TPSA) is 51.0 Å². The summed E-state index contributed by atoms with van der Waals surface area (Å²) in [6, 6.07) is 41.2. The monoisotopic (exact) mass is 1020 g/mol. The van der Waals surface area contributed by atoms with Crippen LogP contribution in [0, 0.1) is 27.7 Å². The second-order valence-corrected chi connectivity index (χ2v) is 24.1. The van der Waals surface area contributed by atoms with Crippen LogP contribution in [-0.4, -0.2) is 21.2 Å². The first kappa shape index (κ1) is 44.4. The van der Waals surface area contributed by atoms with E-state index in [0.29, 0.717) is 0 Å². The van der Waals surface area contributed by atoms with Crippen LogP contribution in [0.1, 0.15) is 41.7 Å². The number of benzene rings is 9. The average Bonchev–Trinajstić information content (AvgIpc) is 4.26. The zero-order valence-corrected chi connectivity index (χ0v) is 44.6. The lowest BCUT2D eigenvalue weighted by molar-refractivity contribution is 0.761. The maximum absolute atomic E-state index is 4.77. The zero-order chi connectivity index (χ0) is 48.1. The van der Waals surface area contributed by atoms with Crippen LogP contribution >= 0.6 is 68.0 Å². The van der Waals surface area contributed by atoms with Gasteiger partial charge in [-0.2, -0.15) is 0 Å². The van der Waals surface area contributed by atoms with E-state index >= 15 is 0 Å². The first-order valence-corrected chi connectivity index (χ1v) is 28.8. The maximum atomic E-state index is 4.77. The van der Waals surface area contributed by atoms with Crippen LogP contribution in [0.3, 0.4) is 0 Å². The molecular weight excluding hydrogens is 981 g/mol. The van der Waals surface area contributed by atoms with Gasteiger partial charge in [-0.3, -0.25) is 4.99 Å². The molecule has 7 heterocycles. The molecule has 4 nitrogen and oxygen atoms in total. The molecule has 1 aliphatic rings. The van der Waals surface area contributed by atoms with Gasteiger partial charge in [0.2, 0.25) is 0 Å². The Bertz CT molecular complexity index is 4600. The number of thiazole rings is 3. The molecule has 0 saturated carbocycles. The normalized spacial score (nSPS) is 13.0. The van der Waals surface area contributed by atoms with Crippen molar-refractivity contribution in [2.45, 2.75) is 47.0 Å². The number of nitrogens with zero attached hydrogens (tertiary/aromatic N) is 4. The van der Waals surface area contributed by atoms with Crippen molar-refractivity contribution in [1.82, 2.24) is 15.0 Å². The largest absolute Gasteiger partial charge is 0.259 e. The van der Waals surface area contributed by atoms with E-state index in [4.69, 9.17) is 4.99 Å². The molecule has 0 radical (unpaired) electrons. The molecule has 0 unspecified atom stereocenters. The summed E-state index contributed by atoms with van der Waals surface area (Å²) >= 11 is 10.7. The Morgan fingerprint density at radius 2 is 0.803 bits per heavy atom. The number of hydrogen-bond acceptors (Lipinski definition) is 10. The van der Waals surface area contributed by atoms with Crippen molar-refractivity contribution in [3.63, 3.8) is 0 Å². The van der Waals surface area contributed by atoms with E-state index < -0.39 is 0 Å². The minimum absolute atomic E-state index is 0.00537. The Morgan fingerprint density at radius 3 is 1.42 bits per heavy atom. The summed E-state index contributed by atoms with van der Waals surface area (Å²) in [5, 5.41) is 24.0. The number of rotatable bonds is 0. The Kier molecular flexibility index (Phi) is 10.9. The lowest BCUT2D eigenvalue weighted by Crippen LogP contribution is -2.15. The van der Waals surface area contributed by atoms with Crippen molar-refractivity contribution in [2.75, 3.05) is 0 Å². The summed E-state index contributed by atoms with van der Waals surface area (Å²) in [6.45, 7) is 13.2. The summed E-state index contributed by atoms with van der Waals surface area (Å²) in [7, 11) is 0. The number of aromatic nitrogens is 3. The first-order valence-electron chi connectivity index (χ1n) is 23.5. The fraction of sp³-hybridized carbons (Fsp3) is 0.115. The lowest BCUT2D eigenvalue weighted by atomic mass is 9.81. The summed E-state index contributed by atoms with van der Waals surface area (Å²) in [4.78, 5) is 18.4. The van der Waals surface area contributed by atoms with Gasteiger partial charge in [0.05, 0.1) is 62.3 Å². The molecule has 16 rings (SSSR count). The standard InChI is InChI=1S/C19H17N.C16H11NS.C14H9NS2.C12H7NS3/c1-12-7-6-10-14-13-8-4-5-9-15(13)17-18(16(12)14)20-11-19(17,2)3;1-10-5-4-8-12-11-6-2-3-7-13(11)16-15(14(10)12)17-9-18-16;1-8-6-16-13-9-4-2-3-5-10(9)14-12(11(8)13)15-7-17-14;1-6-4-15-12-8(6)9-10(16-5-13-9)7-2-3-14-11(7)12/h4-11H,1-3H3;2-9H,1H3;2-7H,1H3;2-5H,1H3. The number of thiophene rings is 3. The van der Waals surface area contributed by atoms with Gasteiger partial charge in [0.25, 0.3) is 0 Å². The SMILES string of the molecule is Cc1cccc2c1c1c(c3ccccc32)C(C)(C)C=N1.Cc1cccc2c3ccccc3c3scnc3c12.Cc1csc2c3ccccc3c3scnc3c12.Cc1csc2c3sccc3c3scnc3c12. The molecular formula is C61H44N4S6. The van der Waals surface area contributed by atoms with Crippen LogP contribution in [0.4, 0.5) is 5.69 Å². The van der Waals surface area contributed by atoms with E-state index in [1.54, 1.807) is 34.0 Å². The van der Waals surface area contributed by atoms with E-state index in [9.17, 15) is 0 Å². The fourth-order valence-corrected chi connectivity index (χ4v) is 16.6. The molecule has 0 amide bonds. The minimum Gasteiger partial charge on any atom is -0.259 e. The molecule has 0 bridgehead atoms. The van der Waals surface area contributed by atoms with Gasteiger partial charge >= 0.3 is 0 Å². The highest BCUT2D eigenvalue weighted by Crippen LogP contribution is 2.48. The van der Waals surface area contributed by atoms with Gasteiger partial charge in [-0.25, -0.2) is 15.0 Å². The van der Waals surface area contributed by atoms with Gasteiger partial charge in [0.1, 0.15) is 0 Å². The van der Waals surface area contributed by atoms with Crippen LogP contribution in [0.25, 0.3) is 115 Å². The Balaban J connectivity index is 0.0000000927. The molecule has 1 aliphatic heterocycles. The van der Waals surface area contributed by atoms with E-state index in [-0.39, 0.29) is 5.41 Å². The fourth-order valence-electron chi connectivity index (χ4n) is 10.8. The minimum atomic E-state index is 0.00537. The van der Waals surface area contributed by atoms with Crippen molar-refractivity contribution >= 4 is 195 Å². The first-order chi connectivity index (χ1) is 34.7. The molecule has 9 aromatic carbocycles. The van der Waals surface area contributed by atoms with Crippen LogP contribution in [0.2, 0.25) is 0 Å². The quantitative estimate of drug-likeness (QED) is 0.142. The molecule has 6 aromatic heterocycles. The molecule has 0 N–H and O–H groups in total. The number of fused-ring (bicyclic) bond motifs is 24. The Labute approximate surface area is 433 Å². The highest BCUT2D eigenvalue weighted by atomic mass is 32.1. The highest BCUT2D eigenvalue weighted by Gasteiger charge is 2.31. The van der Waals surface area contributed by atoms with Crippen molar-refractivity contribution in [2.24, 2.45) is 4.99 Å². The van der Waals surface area contributed by atoms with Crippen molar-refractivity contribution in [1.29, 1.82) is 0 Å². The van der Waals surface area contributed by atoms with Crippen LogP contribution < -0.4 is 0 Å². The van der Waals surface area contributed by atoms with Gasteiger partial charge in [-0.1, -0.05) is 123 Å². The second kappa shape index (κ2) is 17.4. The molecule has 10 heteroatoms. The Hall–Kier alpha value is -6.50. The Morgan fingerprint density at radius 1 is 0.352 bits per heavy atom. The van der Waals surface area contributed by atoms with Crippen molar-refractivity contribution in [3.8, 4) is 0 Å². The van der Waals surface area contributed by atoms with Gasteiger partial charge in [0, 0.05) is 59.4 Å². The van der Waals surface area contributed by atoms with Gasteiger partial charge in [-0.05, 0) is 105 Å². The summed E-state index contributed by atoms with van der Waals surface area (Å²) in [5.74, 6) is 0. The molecule has 0 spiro atoms. The predicted octanol–water partition coefficient (Wildman–Crippen LogP) is 20.2. The van der Waals surface area contributed by atoms with Crippen molar-refractivity contribution in [3.05, 3.63) is 176 Å². The van der Waals surface area contributed by atoms with E-state index in [2.05, 4.69) is 194 Å². The smallest absolute Gasteiger partial charge is 0.0908 e. The summed E-state index contributed by atoms with van der Waals surface area (Å²) < 4.78 is 8.15. The molecule has 344 valence electrons.